The second-order valence-corrected chi connectivity index (χ2v) is 3.99. The molecule has 0 aromatic heterocycles. The minimum Gasteiger partial charge on any atom is -0.406 e. The Morgan fingerprint density at radius 1 is 1.00 bits per heavy atom. The zero-order chi connectivity index (χ0) is 14.8. The van der Waals surface area contributed by atoms with E-state index < -0.39 is 6.36 Å². The molecule has 6 heteroatoms. The van der Waals surface area contributed by atoms with Gasteiger partial charge in [0.25, 0.3) is 0 Å². The van der Waals surface area contributed by atoms with Crippen LogP contribution in [0.2, 0.25) is 0 Å². The first-order valence-corrected chi connectivity index (χ1v) is 5.62. The molecule has 0 heterocycles. The van der Waals surface area contributed by atoms with Gasteiger partial charge in [-0.05, 0) is 36.4 Å². The molecule has 0 aliphatic heterocycles. The monoisotopic (exact) mass is 281 g/mol. The molecule has 0 saturated heterocycles. The summed E-state index contributed by atoms with van der Waals surface area (Å²) in [6, 6.07) is 11.2. The van der Waals surface area contributed by atoms with Crippen LogP contribution in [0.4, 0.5) is 18.9 Å². The molecule has 0 spiro atoms. The fraction of sp³-hybridized carbons (Fsp3) is 0.0714. The van der Waals surface area contributed by atoms with Gasteiger partial charge in [-0.25, -0.2) is 0 Å². The van der Waals surface area contributed by atoms with Crippen LogP contribution in [0.3, 0.4) is 0 Å². The summed E-state index contributed by atoms with van der Waals surface area (Å²) in [4.78, 5) is 12.1. The first-order valence-electron chi connectivity index (χ1n) is 5.62. The molecule has 104 valence electrons. The van der Waals surface area contributed by atoms with Crippen molar-refractivity contribution in [2.24, 2.45) is 0 Å². The Bertz CT molecular complexity index is 621. The molecule has 0 amide bonds. The van der Waals surface area contributed by atoms with E-state index in [1.165, 1.54) is 12.1 Å². The van der Waals surface area contributed by atoms with E-state index in [4.69, 9.17) is 5.73 Å². The number of nitrogen functional groups attached to an aromatic ring is 1. The number of anilines is 1. The molecule has 20 heavy (non-hydrogen) atoms. The van der Waals surface area contributed by atoms with Gasteiger partial charge in [0.15, 0.2) is 5.78 Å². The third-order valence-corrected chi connectivity index (χ3v) is 2.56. The van der Waals surface area contributed by atoms with Gasteiger partial charge in [-0.2, -0.15) is 0 Å². The van der Waals surface area contributed by atoms with Gasteiger partial charge in [0.2, 0.25) is 0 Å². The summed E-state index contributed by atoms with van der Waals surface area (Å²) in [5, 5.41) is 0. The van der Waals surface area contributed by atoms with Crippen molar-refractivity contribution in [1.82, 2.24) is 0 Å². The van der Waals surface area contributed by atoms with Crippen LogP contribution in [0.5, 0.6) is 5.75 Å². The largest absolute Gasteiger partial charge is 0.573 e. The summed E-state index contributed by atoms with van der Waals surface area (Å²) in [6.45, 7) is 0. The SMILES string of the molecule is Nc1ccccc1C(=O)c1ccc(OC(F)(F)F)cc1. The van der Waals surface area contributed by atoms with Gasteiger partial charge in [0, 0.05) is 16.8 Å². The quantitative estimate of drug-likeness (QED) is 0.693. The van der Waals surface area contributed by atoms with E-state index in [-0.39, 0.29) is 17.1 Å². The van der Waals surface area contributed by atoms with E-state index in [1.54, 1.807) is 24.3 Å². The van der Waals surface area contributed by atoms with Crippen molar-refractivity contribution in [3.05, 3.63) is 59.7 Å². The Balaban J connectivity index is 2.22. The number of nitrogens with two attached hydrogens (primary N) is 1. The maximum Gasteiger partial charge on any atom is 0.573 e. The summed E-state index contributed by atoms with van der Waals surface area (Å²) >= 11 is 0. The molecule has 2 aromatic carbocycles. The van der Waals surface area contributed by atoms with Gasteiger partial charge in [0.1, 0.15) is 5.75 Å². The zero-order valence-corrected chi connectivity index (χ0v) is 10.1. The molecule has 2 rings (SSSR count). The normalized spacial score (nSPS) is 11.2. The van der Waals surface area contributed by atoms with Crippen molar-refractivity contribution in [2.75, 3.05) is 5.73 Å². The molecule has 0 bridgehead atoms. The number of ketones is 1. The van der Waals surface area contributed by atoms with Crippen molar-refractivity contribution < 1.29 is 22.7 Å². The van der Waals surface area contributed by atoms with Gasteiger partial charge in [-0.15, -0.1) is 13.2 Å². The molecular weight excluding hydrogens is 271 g/mol. The van der Waals surface area contributed by atoms with Gasteiger partial charge in [0.05, 0.1) is 0 Å². The van der Waals surface area contributed by atoms with Gasteiger partial charge in [-0.3, -0.25) is 4.79 Å². The molecule has 0 aliphatic carbocycles. The molecule has 0 atom stereocenters. The van der Waals surface area contributed by atoms with Crippen LogP contribution in [0, 0.1) is 0 Å². The molecule has 3 nitrogen and oxygen atoms in total. The summed E-state index contributed by atoms with van der Waals surface area (Å²) in [5.41, 5.74) is 6.53. The van der Waals surface area contributed by atoms with Crippen LogP contribution in [-0.2, 0) is 0 Å². The molecule has 2 N–H and O–H groups in total. The minimum atomic E-state index is -4.75. The fourth-order valence-corrected chi connectivity index (χ4v) is 1.67. The predicted molar refractivity (Wildman–Crippen MR) is 67.4 cm³/mol. The van der Waals surface area contributed by atoms with Gasteiger partial charge < -0.3 is 10.5 Å². The van der Waals surface area contributed by atoms with E-state index in [0.717, 1.165) is 12.1 Å². The molecule has 0 radical (unpaired) electrons. The van der Waals surface area contributed by atoms with Crippen LogP contribution in [0.1, 0.15) is 15.9 Å². The summed E-state index contributed by atoms with van der Waals surface area (Å²) in [7, 11) is 0. The number of halogens is 3. The number of para-hydroxylation sites is 1. The number of rotatable bonds is 3. The van der Waals surface area contributed by atoms with E-state index in [1.807, 2.05) is 0 Å². The van der Waals surface area contributed by atoms with Crippen molar-refractivity contribution in [1.29, 1.82) is 0 Å². The highest BCUT2D eigenvalue weighted by Gasteiger charge is 2.31. The van der Waals surface area contributed by atoms with Crippen molar-refractivity contribution in [3.8, 4) is 5.75 Å². The average molecular weight is 281 g/mol. The fourth-order valence-electron chi connectivity index (χ4n) is 1.67. The number of hydrogen-bond acceptors (Lipinski definition) is 3. The van der Waals surface area contributed by atoms with Gasteiger partial charge in [-0.1, -0.05) is 12.1 Å². The Kier molecular flexibility index (Phi) is 3.65. The maximum atomic E-state index is 12.1. The lowest BCUT2D eigenvalue weighted by Gasteiger charge is -2.09. The number of alkyl halides is 3. The second kappa shape index (κ2) is 5.24. The third-order valence-electron chi connectivity index (χ3n) is 2.56. The Hall–Kier alpha value is -2.50. The lowest BCUT2D eigenvalue weighted by atomic mass is 10.0. The predicted octanol–water partition coefficient (Wildman–Crippen LogP) is 3.40. The molecule has 0 aliphatic rings. The smallest absolute Gasteiger partial charge is 0.406 e. The highest BCUT2D eigenvalue weighted by molar-refractivity contribution is 6.12. The van der Waals surface area contributed by atoms with E-state index in [9.17, 15) is 18.0 Å². The number of hydrogen-bond donors (Lipinski definition) is 1. The summed E-state index contributed by atoms with van der Waals surface area (Å²) in [6.07, 6.45) is -4.75. The van der Waals surface area contributed by atoms with Crippen molar-refractivity contribution >= 4 is 11.5 Å². The van der Waals surface area contributed by atoms with Crippen LogP contribution in [0.25, 0.3) is 0 Å². The standard InChI is InChI=1S/C14H10F3NO2/c15-14(16,17)20-10-7-5-9(6-8-10)13(19)11-3-1-2-4-12(11)18/h1-8H,18H2. The average Bonchev–Trinajstić information content (AvgIpc) is 2.37. The maximum absolute atomic E-state index is 12.1. The summed E-state index contributed by atoms with van der Waals surface area (Å²) in [5.74, 6) is -0.739. The van der Waals surface area contributed by atoms with Crippen molar-refractivity contribution in [3.63, 3.8) is 0 Å². The van der Waals surface area contributed by atoms with Crippen LogP contribution >= 0.6 is 0 Å². The van der Waals surface area contributed by atoms with Crippen molar-refractivity contribution in [2.45, 2.75) is 6.36 Å². The Morgan fingerprint density at radius 3 is 2.15 bits per heavy atom. The molecular formula is C14H10F3NO2. The zero-order valence-electron chi connectivity index (χ0n) is 10.1. The number of carbonyl (C=O) groups is 1. The number of carbonyl (C=O) groups excluding carboxylic acids is 1. The van der Waals surface area contributed by atoms with Crippen LogP contribution in [-0.4, -0.2) is 12.1 Å². The molecule has 0 saturated carbocycles. The summed E-state index contributed by atoms with van der Waals surface area (Å²) < 4.78 is 39.8. The third kappa shape index (κ3) is 3.28. The number of benzene rings is 2. The highest BCUT2D eigenvalue weighted by atomic mass is 19.4. The topological polar surface area (TPSA) is 52.3 Å². The first kappa shape index (κ1) is 13.9. The van der Waals surface area contributed by atoms with Gasteiger partial charge >= 0.3 is 6.36 Å². The first-order chi connectivity index (χ1) is 9.37. The van der Waals surface area contributed by atoms with Crippen LogP contribution < -0.4 is 10.5 Å². The lowest BCUT2D eigenvalue weighted by molar-refractivity contribution is -0.274. The molecule has 2 aromatic rings. The molecule has 0 fully saturated rings. The number of ether oxygens (including phenoxy) is 1. The molecule has 0 unspecified atom stereocenters. The lowest BCUT2D eigenvalue weighted by Crippen LogP contribution is -2.17. The van der Waals surface area contributed by atoms with E-state index in [2.05, 4.69) is 4.74 Å². The van der Waals surface area contributed by atoms with Crippen LogP contribution in [0.15, 0.2) is 48.5 Å². The van der Waals surface area contributed by atoms with E-state index in [0.29, 0.717) is 11.3 Å². The minimum absolute atomic E-state index is 0.234. The Morgan fingerprint density at radius 2 is 1.60 bits per heavy atom. The second-order valence-electron chi connectivity index (χ2n) is 3.99. The highest BCUT2D eigenvalue weighted by Crippen LogP contribution is 2.24. The Labute approximate surface area is 112 Å². The van der Waals surface area contributed by atoms with E-state index >= 15 is 0 Å².